The summed E-state index contributed by atoms with van der Waals surface area (Å²) >= 11 is 0. The van der Waals surface area contributed by atoms with Crippen LogP contribution >= 0.6 is 0 Å². The summed E-state index contributed by atoms with van der Waals surface area (Å²) in [6, 6.07) is 2.79. The lowest BCUT2D eigenvalue weighted by molar-refractivity contribution is 0.711. The van der Waals surface area contributed by atoms with E-state index in [2.05, 4.69) is 52.3 Å². The van der Waals surface area contributed by atoms with Crippen molar-refractivity contribution in [1.29, 1.82) is 0 Å². The number of hydrogen-bond acceptors (Lipinski definition) is 0. The molecule has 0 bridgehead atoms. The quantitative estimate of drug-likeness (QED) is 0.281. The van der Waals surface area contributed by atoms with Gasteiger partial charge in [0, 0.05) is 16.1 Å². The van der Waals surface area contributed by atoms with Crippen LogP contribution in [0.5, 0.6) is 0 Å². The molecule has 0 aromatic heterocycles. The van der Waals surface area contributed by atoms with Crippen LogP contribution in [0, 0.1) is 0 Å². The monoisotopic (exact) mass is 270 g/mol. The van der Waals surface area contributed by atoms with Crippen LogP contribution in [-0.4, -0.2) is 16.1 Å². The van der Waals surface area contributed by atoms with Crippen molar-refractivity contribution >= 4 is 16.1 Å². The molecule has 0 aliphatic heterocycles. The Bertz CT molecular complexity index is 228. The molecule has 0 fully saturated rings. The lowest BCUT2D eigenvalue weighted by atomic mass is 10.1. The molecule has 0 spiro atoms. The maximum atomic E-state index is 2.61. The molecular formula is C15H34Si2. The predicted octanol–water partition coefficient (Wildman–Crippen LogP) is 6.17. The van der Waals surface area contributed by atoms with Crippen LogP contribution in [0.4, 0.5) is 0 Å². The van der Waals surface area contributed by atoms with Gasteiger partial charge in [-0.3, -0.25) is 0 Å². The molecule has 0 atom stereocenters. The summed E-state index contributed by atoms with van der Waals surface area (Å²) in [6.07, 6.45) is 8.12. The molecule has 0 saturated carbocycles. The molecule has 102 valence electrons. The highest BCUT2D eigenvalue weighted by Gasteiger charge is 2.17. The van der Waals surface area contributed by atoms with E-state index >= 15 is 0 Å². The molecule has 0 nitrogen and oxygen atoms in total. The maximum Gasteiger partial charge on any atom is 0.0483 e. The molecule has 0 aliphatic rings. The molecule has 0 saturated heterocycles. The molecule has 0 aromatic rings. The van der Waals surface area contributed by atoms with Crippen LogP contribution in [0.25, 0.3) is 0 Å². The highest BCUT2D eigenvalue weighted by atomic mass is 28.3. The molecule has 0 N–H and O–H groups in total. The van der Waals surface area contributed by atoms with E-state index in [0.717, 1.165) is 0 Å². The topological polar surface area (TPSA) is 0 Å². The Hall–Kier alpha value is 0.174. The van der Waals surface area contributed by atoms with Gasteiger partial charge in [-0.1, -0.05) is 70.7 Å². The standard InChI is InChI=1S/C15H34Si2/c1-8-9-10-11-15(14-17(5,6)7)12-13-16(2,3)4/h12H,8-11,13-14H2,1-7H3/b15-12-. The van der Waals surface area contributed by atoms with Crippen LogP contribution in [0.2, 0.25) is 51.4 Å². The zero-order valence-corrected chi connectivity index (χ0v) is 15.3. The minimum atomic E-state index is -0.930. The lowest BCUT2D eigenvalue weighted by Gasteiger charge is -2.20. The van der Waals surface area contributed by atoms with E-state index in [1.165, 1.54) is 37.8 Å². The van der Waals surface area contributed by atoms with Crippen molar-refractivity contribution in [2.75, 3.05) is 0 Å². The van der Waals surface area contributed by atoms with Crippen LogP contribution < -0.4 is 0 Å². The first-order valence-electron chi connectivity index (χ1n) is 7.32. The summed E-state index contributed by atoms with van der Waals surface area (Å²) in [5, 5.41) is 0. The fraction of sp³-hybridized carbons (Fsp3) is 0.867. The van der Waals surface area contributed by atoms with Crippen molar-refractivity contribution in [2.24, 2.45) is 0 Å². The van der Waals surface area contributed by atoms with Crippen molar-refractivity contribution in [3.05, 3.63) is 11.6 Å². The SMILES string of the molecule is CCCCC/C(=C/C[Si](C)(C)C)C[Si](C)(C)C. The average molecular weight is 271 g/mol. The van der Waals surface area contributed by atoms with Crippen LogP contribution in [0.3, 0.4) is 0 Å². The Morgan fingerprint density at radius 2 is 1.47 bits per heavy atom. The number of unbranched alkanes of at least 4 members (excludes halogenated alkanes) is 2. The summed E-state index contributed by atoms with van der Waals surface area (Å²) in [6.45, 7) is 17.2. The van der Waals surface area contributed by atoms with E-state index in [0.29, 0.717) is 0 Å². The fourth-order valence-corrected chi connectivity index (χ4v) is 4.58. The van der Waals surface area contributed by atoms with Crippen LogP contribution in [-0.2, 0) is 0 Å². The lowest BCUT2D eigenvalue weighted by Crippen LogP contribution is -2.21. The van der Waals surface area contributed by atoms with Gasteiger partial charge < -0.3 is 0 Å². The Labute approximate surface area is 112 Å². The van der Waals surface area contributed by atoms with E-state index in [9.17, 15) is 0 Å². The van der Waals surface area contributed by atoms with Gasteiger partial charge >= 0.3 is 0 Å². The zero-order valence-electron chi connectivity index (χ0n) is 13.3. The average Bonchev–Trinajstić information content (AvgIpc) is 2.11. The molecule has 2 heteroatoms. The highest BCUT2D eigenvalue weighted by Crippen LogP contribution is 2.23. The van der Waals surface area contributed by atoms with E-state index in [1.54, 1.807) is 5.57 Å². The zero-order chi connectivity index (χ0) is 13.5. The van der Waals surface area contributed by atoms with Gasteiger partial charge in [0.2, 0.25) is 0 Å². The van der Waals surface area contributed by atoms with Gasteiger partial charge in [0.25, 0.3) is 0 Å². The van der Waals surface area contributed by atoms with Gasteiger partial charge in [0.05, 0.1) is 0 Å². The van der Waals surface area contributed by atoms with Gasteiger partial charge in [0.1, 0.15) is 0 Å². The largest absolute Gasteiger partial charge is 0.0883 e. The third-order valence-corrected chi connectivity index (χ3v) is 5.81. The first-order chi connectivity index (χ1) is 7.64. The maximum absolute atomic E-state index is 2.61. The van der Waals surface area contributed by atoms with Gasteiger partial charge in [0.15, 0.2) is 0 Å². The minimum absolute atomic E-state index is 0.904. The van der Waals surface area contributed by atoms with Crippen LogP contribution in [0.1, 0.15) is 32.6 Å². The summed E-state index contributed by atoms with van der Waals surface area (Å²) in [5.41, 5.74) is 1.78. The van der Waals surface area contributed by atoms with E-state index in [1.807, 2.05) is 0 Å². The summed E-state index contributed by atoms with van der Waals surface area (Å²) in [7, 11) is -1.83. The minimum Gasteiger partial charge on any atom is -0.0883 e. The van der Waals surface area contributed by atoms with Gasteiger partial charge in [-0.2, -0.15) is 0 Å². The summed E-state index contributed by atoms with van der Waals surface area (Å²) < 4.78 is 0. The predicted molar refractivity (Wildman–Crippen MR) is 88.5 cm³/mol. The van der Waals surface area contributed by atoms with Crippen molar-refractivity contribution in [1.82, 2.24) is 0 Å². The number of rotatable bonds is 8. The molecule has 0 unspecified atom stereocenters. The van der Waals surface area contributed by atoms with Crippen molar-refractivity contribution < 1.29 is 0 Å². The van der Waals surface area contributed by atoms with Crippen molar-refractivity contribution in [2.45, 2.75) is 84.0 Å². The first-order valence-corrected chi connectivity index (χ1v) is 14.7. The Morgan fingerprint density at radius 1 is 0.882 bits per heavy atom. The molecule has 0 aliphatic carbocycles. The van der Waals surface area contributed by atoms with Gasteiger partial charge in [-0.05, 0) is 24.9 Å². The molecule has 17 heavy (non-hydrogen) atoms. The third-order valence-electron chi connectivity index (χ3n) is 2.86. The highest BCUT2D eigenvalue weighted by molar-refractivity contribution is 6.77. The number of hydrogen-bond donors (Lipinski definition) is 0. The molecule has 0 amide bonds. The summed E-state index contributed by atoms with van der Waals surface area (Å²) in [5.74, 6) is 0. The Kier molecular flexibility index (Phi) is 7.65. The molecule has 0 heterocycles. The molecule has 0 radical (unpaired) electrons. The molecule has 0 rings (SSSR count). The van der Waals surface area contributed by atoms with E-state index < -0.39 is 16.1 Å². The second kappa shape index (κ2) is 7.57. The molecular weight excluding hydrogens is 236 g/mol. The normalized spacial score (nSPS) is 14.2. The van der Waals surface area contributed by atoms with E-state index in [4.69, 9.17) is 0 Å². The van der Waals surface area contributed by atoms with Gasteiger partial charge in [-0.25, -0.2) is 0 Å². The second-order valence-corrected chi connectivity index (χ2v) is 18.8. The molecule has 0 aromatic carbocycles. The third kappa shape index (κ3) is 12.4. The smallest absolute Gasteiger partial charge is 0.0483 e. The van der Waals surface area contributed by atoms with Crippen molar-refractivity contribution in [3.8, 4) is 0 Å². The van der Waals surface area contributed by atoms with Gasteiger partial charge in [-0.15, -0.1) is 0 Å². The van der Waals surface area contributed by atoms with E-state index in [-0.39, 0.29) is 0 Å². The second-order valence-electron chi connectivity index (χ2n) is 7.82. The Balaban J connectivity index is 4.39. The Morgan fingerprint density at radius 3 is 1.88 bits per heavy atom. The summed E-state index contributed by atoms with van der Waals surface area (Å²) in [4.78, 5) is 0. The van der Waals surface area contributed by atoms with Crippen LogP contribution in [0.15, 0.2) is 11.6 Å². The first kappa shape index (κ1) is 17.2. The van der Waals surface area contributed by atoms with Crippen molar-refractivity contribution in [3.63, 3.8) is 0 Å². The number of allylic oxidation sites excluding steroid dienone is 2. The fourth-order valence-electron chi connectivity index (χ4n) is 2.00.